The quantitative estimate of drug-likeness (QED) is 0.722. The average Bonchev–Trinajstić information content (AvgIpc) is 3.43. The van der Waals surface area contributed by atoms with Crippen LogP contribution in [-0.2, 0) is 11.3 Å². The SMILES string of the molecule is Cc1cc(C)n(Cc2c(C(=O)N(C[C@H]3CCCO3)C3CCN(C)CC3)noc2C)n1. The van der Waals surface area contributed by atoms with Crippen LogP contribution in [-0.4, -0.2) is 76.1 Å². The van der Waals surface area contributed by atoms with Crippen molar-refractivity contribution in [3.8, 4) is 0 Å². The maximum atomic E-state index is 13.7. The third-order valence-corrected chi connectivity index (χ3v) is 6.41. The second-order valence-electron chi connectivity index (χ2n) is 8.78. The monoisotopic (exact) mass is 415 g/mol. The van der Waals surface area contributed by atoms with Crippen molar-refractivity contribution in [2.75, 3.05) is 33.3 Å². The van der Waals surface area contributed by atoms with Gasteiger partial charge in [0, 0.05) is 30.5 Å². The molecule has 1 atom stereocenters. The van der Waals surface area contributed by atoms with Gasteiger partial charge in [-0.2, -0.15) is 5.10 Å². The topological polar surface area (TPSA) is 76.6 Å². The molecule has 2 aliphatic rings. The van der Waals surface area contributed by atoms with Crippen LogP contribution in [0.5, 0.6) is 0 Å². The maximum absolute atomic E-state index is 13.7. The molecule has 0 bridgehead atoms. The fraction of sp³-hybridized carbons (Fsp3) is 0.682. The minimum Gasteiger partial charge on any atom is -0.376 e. The predicted molar refractivity (Wildman–Crippen MR) is 113 cm³/mol. The summed E-state index contributed by atoms with van der Waals surface area (Å²) in [6.45, 7) is 9.74. The van der Waals surface area contributed by atoms with Gasteiger partial charge >= 0.3 is 0 Å². The minimum atomic E-state index is -0.0477. The van der Waals surface area contributed by atoms with E-state index in [4.69, 9.17) is 9.26 Å². The van der Waals surface area contributed by atoms with E-state index in [2.05, 4.69) is 22.2 Å². The standard InChI is InChI=1S/C22H33N5O3/c1-15-12-16(2)27(23-15)14-20-17(3)30-24-21(20)22(28)26(13-19-6-5-11-29-19)18-7-9-25(4)10-8-18/h12,18-19H,5-11,13-14H2,1-4H3/t19-/m1/s1. The van der Waals surface area contributed by atoms with Crippen LogP contribution in [0, 0.1) is 20.8 Å². The number of nitrogens with zero attached hydrogens (tertiary/aromatic N) is 5. The van der Waals surface area contributed by atoms with E-state index in [1.54, 1.807) is 0 Å². The summed E-state index contributed by atoms with van der Waals surface area (Å²) in [6, 6.07) is 2.24. The molecule has 0 spiro atoms. The number of hydrogen-bond acceptors (Lipinski definition) is 6. The fourth-order valence-electron chi connectivity index (χ4n) is 4.58. The molecule has 0 unspecified atom stereocenters. The molecule has 2 aliphatic heterocycles. The van der Waals surface area contributed by atoms with Gasteiger partial charge in [0.05, 0.1) is 18.3 Å². The van der Waals surface area contributed by atoms with Crippen LogP contribution < -0.4 is 0 Å². The van der Waals surface area contributed by atoms with Crippen molar-refractivity contribution in [2.24, 2.45) is 0 Å². The molecule has 0 aromatic carbocycles. The predicted octanol–water partition coefficient (Wildman–Crippen LogP) is 2.56. The molecule has 164 valence electrons. The van der Waals surface area contributed by atoms with Gasteiger partial charge in [0.25, 0.3) is 5.91 Å². The van der Waals surface area contributed by atoms with E-state index in [0.29, 0.717) is 24.5 Å². The van der Waals surface area contributed by atoms with E-state index in [0.717, 1.165) is 62.3 Å². The maximum Gasteiger partial charge on any atom is 0.276 e. The second-order valence-corrected chi connectivity index (χ2v) is 8.78. The van der Waals surface area contributed by atoms with Gasteiger partial charge in [-0.25, -0.2) is 0 Å². The Morgan fingerprint density at radius 3 is 2.63 bits per heavy atom. The number of carbonyl (C=O) groups is 1. The molecule has 4 heterocycles. The van der Waals surface area contributed by atoms with Crippen LogP contribution in [0.15, 0.2) is 10.6 Å². The highest BCUT2D eigenvalue weighted by Crippen LogP contribution is 2.24. The van der Waals surface area contributed by atoms with Gasteiger partial charge in [0.1, 0.15) is 5.76 Å². The zero-order valence-electron chi connectivity index (χ0n) is 18.6. The Kier molecular flexibility index (Phi) is 6.24. The van der Waals surface area contributed by atoms with Crippen molar-refractivity contribution in [3.05, 3.63) is 34.5 Å². The first-order valence-corrected chi connectivity index (χ1v) is 11.0. The smallest absolute Gasteiger partial charge is 0.276 e. The number of ether oxygens (including phenoxy) is 1. The lowest BCUT2D eigenvalue weighted by molar-refractivity contribution is 0.0312. The highest BCUT2D eigenvalue weighted by atomic mass is 16.5. The van der Waals surface area contributed by atoms with E-state index in [1.165, 1.54) is 0 Å². The number of aryl methyl sites for hydroxylation is 3. The van der Waals surface area contributed by atoms with Gasteiger partial charge in [-0.15, -0.1) is 0 Å². The fourth-order valence-corrected chi connectivity index (χ4v) is 4.58. The zero-order valence-corrected chi connectivity index (χ0v) is 18.6. The van der Waals surface area contributed by atoms with Gasteiger partial charge in [0.2, 0.25) is 0 Å². The van der Waals surface area contributed by atoms with Gasteiger partial charge in [-0.3, -0.25) is 9.48 Å². The molecule has 30 heavy (non-hydrogen) atoms. The van der Waals surface area contributed by atoms with Crippen molar-refractivity contribution in [1.82, 2.24) is 24.7 Å². The lowest BCUT2D eigenvalue weighted by atomic mass is 10.0. The molecular formula is C22H33N5O3. The molecule has 0 aliphatic carbocycles. The molecule has 4 rings (SSSR count). The molecular weight excluding hydrogens is 382 g/mol. The number of amides is 1. The molecule has 2 saturated heterocycles. The van der Waals surface area contributed by atoms with Gasteiger partial charge in [-0.1, -0.05) is 5.16 Å². The van der Waals surface area contributed by atoms with Crippen molar-refractivity contribution >= 4 is 5.91 Å². The molecule has 0 radical (unpaired) electrons. The molecule has 0 N–H and O–H groups in total. The van der Waals surface area contributed by atoms with Crippen LogP contribution in [0.25, 0.3) is 0 Å². The Morgan fingerprint density at radius 2 is 2.00 bits per heavy atom. The summed E-state index contributed by atoms with van der Waals surface area (Å²) in [5.74, 6) is 0.625. The van der Waals surface area contributed by atoms with Gasteiger partial charge in [-0.05, 0) is 72.7 Å². The summed E-state index contributed by atoms with van der Waals surface area (Å²) in [7, 11) is 2.13. The lowest BCUT2D eigenvalue weighted by Crippen LogP contribution is -2.49. The summed E-state index contributed by atoms with van der Waals surface area (Å²) in [5, 5.41) is 8.74. The Hall–Kier alpha value is -2.19. The van der Waals surface area contributed by atoms with Crippen molar-refractivity contribution in [3.63, 3.8) is 0 Å². The first-order chi connectivity index (χ1) is 14.4. The summed E-state index contributed by atoms with van der Waals surface area (Å²) in [4.78, 5) is 18.1. The van der Waals surface area contributed by atoms with Crippen LogP contribution in [0.4, 0.5) is 0 Å². The molecule has 8 heteroatoms. The molecule has 2 aromatic heterocycles. The first kappa shape index (κ1) is 21.1. The summed E-state index contributed by atoms with van der Waals surface area (Å²) >= 11 is 0. The van der Waals surface area contributed by atoms with Crippen LogP contribution >= 0.6 is 0 Å². The van der Waals surface area contributed by atoms with Crippen molar-refractivity contribution in [1.29, 1.82) is 0 Å². The number of likely N-dealkylation sites (tertiary alicyclic amines) is 1. The van der Waals surface area contributed by atoms with E-state index in [-0.39, 0.29) is 18.1 Å². The molecule has 8 nitrogen and oxygen atoms in total. The Balaban J connectivity index is 1.59. The van der Waals surface area contributed by atoms with E-state index < -0.39 is 0 Å². The van der Waals surface area contributed by atoms with E-state index in [1.807, 2.05) is 36.4 Å². The highest BCUT2D eigenvalue weighted by molar-refractivity contribution is 5.94. The molecule has 1 amide bonds. The van der Waals surface area contributed by atoms with Crippen LogP contribution in [0.2, 0.25) is 0 Å². The molecule has 0 saturated carbocycles. The number of aromatic nitrogens is 3. The summed E-state index contributed by atoms with van der Waals surface area (Å²) < 4.78 is 13.3. The highest BCUT2D eigenvalue weighted by Gasteiger charge is 2.34. The second kappa shape index (κ2) is 8.89. The van der Waals surface area contributed by atoms with Crippen molar-refractivity contribution < 1.29 is 14.1 Å². The molecule has 2 fully saturated rings. The Labute approximate surface area is 178 Å². The lowest BCUT2D eigenvalue weighted by Gasteiger charge is -2.38. The van der Waals surface area contributed by atoms with Crippen LogP contribution in [0.1, 0.15) is 58.9 Å². The third kappa shape index (κ3) is 4.44. The largest absolute Gasteiger partial charge is 0.376 e. The van der Waals surface area contributed by atoms with Crippen LogP contribution in [0.3, 0.4) is 0 Å². The Morgan fingerprint density at radius 1 is 1.23 bits per heavy atom. The number of rotatable bonds is 6. The summed E-state index contributed by atoms with van der Waals surface area (Å²) in [6.07, 6.45) is 4.12. The van der Waals surface area contributed by atoms with Gasteiger partial charge in [0.15, 0.2) is 5.69 Å². The number of hydrogen-bond donors (Lipinski definition) is 0. The zero-order chi connectivity index (χ0) is 21.3. The first-order valence-electron chi connectivity index (χ1n) is 11.0. The normalized spacial score (nSPS) is 20.7. The summed E-state index contributed by atoms with van der Waals surface area (Å²) in [5.41, 5.74) is 3.24. The number of piperidine rings is 1. The Bertz CT molecular complexity index is 875. The number of carbonyl (C=O) groups excluding carboxylic acids is 1. The van der Waals surface area contributed by atoms with Crippen molar-refractivity contribution in [2.45, 2.75) is 65.1 Å². The van der Waals surface area contributed by atoms with E-state index in [9.17, 15) is 4.79 Å². The third-order valence-electron chi connectivity index (χ3n) is 6.41. The average molecular weight is 416 g/mol. The van der Waals surface area contributed by atoms with Gasteiger partial charge < -0.3 is 19.1 Å². The molecule has 2 aromatic rings. The van der Waals surface area contributed by atoms with E-state index >= 15 is 0 Å². The minimum absolute atomic E-state index is 0.0477.